The van der Waals surface area contributed by atoms with Crippen LogP contribution < -0.4 is 5.32 Å². The summed E-state index contributed by atoms with van der Waals surface area (Å²) in [5.74, 6) is 1.03. The third-order valence-electron chi connectivity index (χ3n) is 4.86. The Bertz CT molecular complexity index is 215. The van der Waals surface area contributed by atoms with Crippen LogP contribution in [0.4, 0.5) is 0 Å². The molecule has 1 heterocycles. The van der Waals surface area contributed by atoms with Gasteiger partial charge >= 0.3 is 0 Å². The van der Waals surface area contributed by atoms with Crippen molar-refractivity contribution in [3.05, 3.63) is 0 Å². The summed E-state index contributed by atoms with van der Waals surface area (Å²) in [6.45, 7) is 8.35. The van der Waals surface area contributed by atoms with Crippen molar-refractivity contribution < 1.29 is 0 Å². The summed E-state index contributed by atoms with van der Waals surface area (Å²) in [5.41, 5.74) is 0. The molecule has 0 aromatic heterocycles. The van der Waals surface area contributed by atoms with E-state index in [1.54, 1.807) is 0 Å². The van der Waals surface area contributed by atoms with Crippen molar-refractivity contribution in [2.45, 2.75) is 70.9 Å². The molecule has 0 radical (unpaired) electrons. The van der Waals surface area contributed by atoms with Gasteiger partial charge in [-0.3, -0.25) is 4.90 Å². The molecule has 2 rings (SSSR count). The first-order valence-electron chi connectivity index (χ1n) is 7.78. The van der Waals surface area contributed by atoms with Crippen LogP contribution in [0.15, 0.2) is 0 Å². The van der Waals surface area contributed by atoms with Crippen LogP contribution in [0.5, 0.6) is 0 Å². The van der Waals surface area contributed by atoms with Crippen LogP contribution in [0, 0.1) is 5.92 Å². The van der Waals surface area contributed by atoms with Crippen molar-refractivity contribution in [3.63, 3.8) is 0 Å². The van der Waals surface area contributed by atoms with Crippen molar-refractivity contribution in [1.82, 2.24) is 10.2 Å². The third-order valence-corrected chi connectivity index (χ3v) is 4.86. The second kappa shape index (κ2) is 6.75. The second-order valence-corrected chi connectivity index (χ2v) is 6.05. The minimum Gasteiger partial charge on any atom is -0.313 e. The molecule has 0 aromatic rings. The van der Waals surface area contributed by atoms with Crippen LogP contribution in [0.2, 0.25) is 0 Å². The molecule has 0 amide bonds. The number of hydrogen-bond donors (Lipinski definition) is 1. The summed E-state index contributed by atoms with van der Waals surface area (Å²) in [5, 5.41) is 3.63. The zero-order chi connectivity index (χ0) is 12.1. The smallest absolute Gasteiger partial charge is 0.0124 e. The van der Waals surface area contributed by atoms with Gasteiger partial charge in [0, 0.05) is 25.2 Å². The first kappa shape index (κ1) is 13.4. The van der Waals surface area contributed by atoms with Crippen molar-refractivity contribution in [2.75, 3.05) is 19.6 Å². The average molecular weight is 238 g/mol. The first-order valence-corrected chi connectivity index (χ1v) is 7.78. The molecule has 2 fully saturated rings. The maximum atomic E-state index is 3.63. The molecular formula is C15H30N2. The van der Waals surface area contributed by atoms with E-state index in [4.69, 9.17) is 0 Å². The van der Waals surface area contributed by atoms with Crippen LogP contribution >= 0.6 is 0 Å². The van der Waals surface area contributed by atoms with Gasteiger partial charge in [-0.1, -0.05) is 19.8 Å². The Morgan fingerprint density at radius 2 is 1.94 bits per heavy atom. The van der Waals surface area contributed by atoms with E-state index >= 15 is 0 Å². The van der Waals surface area contributed by atoms with E-state index in [2.05, 4.69) is 24.1 Å². The van der Waals surface area contributed by atoms with Gasteiger partial charge in [-0.05, 0) is 51.5 Å². The lowest BCUT2D eigenvalue weighted by Crippen LogP contribution is -2.49. The minimum absolute atomic E-state index is 0.682. The molecule has 1 aliphatic carbocycles. The van der Waals surface area contributed by atoms with Gasteiger partial charge in [-0.15, -0.1) is 0 Å². The van der Waals surface area contributed by atoms with Crippen molar-refractivity contribution in [2.24, 2.45) is 5.92 Å². The molecule has 0 aromatic carbocycles. The fraction of sp³-hybridized carbons (Fsp3) is 1.00. The van der Waals surface area contributed by atoms with Gasteiger partial charge < -0.3 is 5.32 Å². The largest absolute Gasteiger partial charge is 0.313 e. The normalized spacial score (nSPS) is 32.1. The third kappa shape index (κ3) is 3.69. The lowest BCUT2D eigenvalue weighted by Gasteiger charge is -2.44. The number of likely N-dealkylation sites (tertiary alicyclic amines) is 1. The Labute approximate surface area is 107 Å². The molecule has 0 spiro atoms. The Kier molecular flexibility index (Phi) is 5.30. The maximum Gasteiger partial charge on any atom is 0.0124 e. The zero-order valence-corrected chi connectivity index (χ0v) is 11.8. The summed E-state index contributed by atoms with van der Waals surface area (Å²) in [4.78, 5) is 2.78. The average Bonchev–Trinajstić information content (AvgIpc) is 2.39. The number of nitrogens with zero attached hydrogens (tertiary/aromatic N) is 1. The monoisotopic (exact) mass is 238 g/mol. The highest BCUT2D eigenvalue weighted by atomic mass is 15.2. The van der Waals surface area contributed by atoms with Gasteiger partial charge in [0.15, 0.2) is 0 Å². The molecule has 2 nitrogen and oxygen atoms in total. The van der Waals surface area contributed by atoms with Crippen LogP contribution in [-0.4, -0.2) is 36.6 Å². The Balaban J connectivity index is 1.74. The van der Waals surface area contributed by atoms with E-state index in [0.29, 0.717) is 6.04 Å². The van der Waals surface area contributed by atoms with Crippen LogP contribution in [0.25, 0.3) is 0 Å². The number of rotatable bonds is 5. The predicted octanol–water partition coefficient (Wildman–Crippen LogP) is 3.03. The summed E-state index contributed by atoms with van der Waals surface area (Å²) in [6.07, 6.45) is 10.1. The Hall–Kier alpha value is -0.0800. The molecule has 17 heavy (non-hydrogen) atoms. The molecule has 1 saturated heterocycles. The van der Waals surface area contributed by atoms with Crippen molar-refractivity contribution in [3.8, 4) is 0 Å². The van der Waals surface area contributed by atoms with Crippen molar-refractivity contribution >= 4 is 0 Å². The molecule has 2 heteroatoms. The van der Waals surface area contributed by atoms with Crippen LogP contribution in [-0.2, 0) is 0 Å². The molecular weight excluding hydrogens is 208 g/mol. The fourth-order valence-corrected chi connectivity index (χ4v) is 3.60. The standard InChI is InChI=1S/C15H30N2/c1-3-13(2)16-10-12-17-11-6-8-14-7-4-5-9-15(14)17/h13-16H,3-12H2,1-2H3/t13?,14-,15-/m1/s1. The number of nitrogens with one attached hydrogen (secondary N) is 1. The van der Waals surface area contributed by atoms with E-state index in [1.165, 1.54) is 64.6 Å². The molecule has 3 atom stereocenters. The summed E-state index contributed by atoms with van der Waals surface area (Å²) >= 11 is 0. The van der Waals surface area contributed by atoms with E-state index in [0.717, 1.165) is 12.0 Å². The van der Waals surface area contributed by atoms with Crippen molar-refractivity contribution in [1.29, 1.82) is 0 Å². The highest BCUT2D eigenvalue weighted by molar-refractivity contribution is 4.87. The lowest BCUT2D eigenvalue weighted by molar-refractivity contribution is 0.0613. The molecule has 1 unspecified atom stereocenters. The quantitative estimate of drug-likeness (QED) is 0.792. The van der Waals surface area contributed by atoms with Gasteiger partial charge in [0.05, 0.1) is 0 Å². The van der Waals surface area contributed by atoms with Gasteiger partial charge in [0.1, 0.15) is 0 Å². The number of piperidine rings is 1. The first-order chi connectivity index (χ1) is 8.31. The van der Waals surface area contributed by atoms with Gasteiger partial charge in [-0.25, -0.2) is 0 Å². The number of hydrogen-bond acceptors (Lipinski definition) is 2. The summed E-state index contributed by atoms with van der Waals surface area (Å²) in [6, 6.07) is 1.61. The zero-order valence-electron chi connectivity index (χ0n) is 11.8. The predicted molar refractivity (Wildman–Crippen MR) is 74.3 cm³/mol. The van der Waals surface area contributed by atoms with E-state index in [9.17, 15) is 0 Å². The van der Waals surface area contributed by atoms with E-state index < -0.39 is 0 Å². The highest BCUT2D eigenvalue weighted by Crippen LogP contribution is 2.34. The molecule has 1 saturated carbocycles. The number of fused-ring (bicyclic) bond motifs is 1. The highest BCUT2D eigenvalue weighted by Gasteiger charge is 2.32. The molecule has 100 valence electrons. The molecule has 0 bridgehead atoms. The SMILES string of the molecule is CCC(C)NCCN1CCC[C@H]2CCCC[C@H]21. The summed E-state index contributed by atoms with van der Waals surface area (Å²) < 4.78 is 0. The second-order valence-electron chi connectivity index (χ2n) is 6.05. The molecule has 1 N–H and O–H groups in total. The van der Waals surface area contributed by atoms with E-state index in [-0.39, 0.29) is 0 Å². The van der Waals surface area contributed by atoms with Gasteiger partial charge in [-0.2, -0.15) is 0 Å². The Morgan fingerprint density at radius 1 is 1.18 bits per heavy atom. The molecule has 2 aliphatic rings. The minimum atomic E-state index is 0.682. The topological polar surface area (TPSA) is 15.3 Å². The van der Waals surface area contributed by atoms with Gasteiger partial charge in [0.25, 0.3) is 0 Å². The Morgan fingerprint density at radius 3 is 2.76 bits per heavy atom. The molecule has 1 aliphatic heterocycles. The lowest BCUT2D eigenvalue weighted by atomic mass is 9.78. The maximum absolute atomic E-state index is 3.63. The van der Waals surface area contributed by atoms with Crippen LogP contribution in [0.3, 0.4) is 0 Å². The summed E-state index contributed by atoms with van der Waals surface area (Å²) in [7, 11) is 0. The fourth-order valence-electron chi connectivity index (χ4n) is 3.60. The van der Waals surface area contributed by atoms with Gasteiger partial charge in [0.2, 0.25) is 0 Å². The van der Waals surface area contributed by atoms with E-state index in [1.807, 2.05) is 0 Å². The van der Waals surface area contributed by atoms with Crippen LogP contribution in [0.1, 0.15) is 58.8 Å².